The highest BCUT2D eigenvalue weighted by Gasteiger charge is 2.30. The smallest absolute Gasteiger partial charge is 0.247 e. The Hall–Kier alpha value is -0.900. The number of sulfonamides is 1. The van der Waals surface area contributed by atoms with Crippen LogP contribution in [0.1, 0.15) is 36.9 Å². The lowest BCUT2D eigenvalue weighted by atomic mass is 10.1. The molecule has 3 N–H and O–H groups in total. The van der Waals surface area contributed by atoms with E-state index in [1.54, 1.807) is 18.0 Å². The van der Waals surface area contributed by atoms with E-state index in [1.807, 2.05) is 6.07 Å². The highest BCUT2D eigenvalue weighted by Crippen LogP contribution is 2.43. The predicted octanol–water partition coefficient (Wildman–Crippen LogP) is 3.39. The van der Waals surface area contributed by atoms with Crippen molar-refractivity contribution >= 4 is 33.3 Å². The average molecular weight is 412 g/mol. The number of hydrogen-bond donors (Lipinski definition) is 2. The van der Waals surface area contributed by atoms with Gasteiger partial charge in [0.2, 0.25) is 10.0 Å². The van der Waals surface area contributed by atoms with Crippen LogP contribution in [-0.2, 0) is 16.4 Å². The Morgan fingerprint density at radius 1 is 1.31 bits per heavy atom. The van der Waals surface area contributed by atoms with Crippen LogP contribution in [0.4, 0.5) is 0 Å². The summed E-state index contributed by atoms with van der Waals surface area (Å²) >= 11 is 2.94. The molecule has 2 aromatic rings. The van der Waals surface area contributed by atoms with Crippen LogP contribution in [0, 0.1) is 0 Å². The molecule has 0 saturated carbocycles. The van der Waals surface area contributed by atoms with Crippen LogP contribution < -0.4 is 10.5 Å². The Kier molecular flexibility index (Phi) is 6.76. The first-order valence-corrected chi connectivity index (χ1v) is 12.0. The van der Waals surface area contributed by atoms with Crippen LogP contribution in [0.5, 0.6) is 0 Å². The fourth-order valence-electron chi connectivity index (χ4n) is 3.01. The molecular weight excluding hydrogens is 386 g/mol. The van der Waals surface area contributed by atoms with Gasteiger partial charge in [0.1, 0.15) is 4.21 Å². The van der Waals surface area contributed by atoms with E-state index in [4.69, 9.17) is 5.14 Å². The van der Waals surface area contributed by atoms with E-state index in [-0.39, 0.29) is 10.3 Å². The van der Waals surface area contributed by atoms with Gasteiger partial charge in [-0.3, -0.25) is 0 Å². The van der Waals surface area contributed by atoms with Crippen molar-refractivity contribution < 1.29 is 8.42 Å². The van der Waals surface area contributed by atoms with Gasteiger partial charge >= 0.3 is 0 Å². The number of nitrogens with one attached hydrogen (secondary N) is 1. The summed E-state index contributed by atoms with van der Waals surface area (Å²) in [7, 11) is -3.65. The van der Waals surface area contributed by atoms with Crippen molar-refractivity contribution in [1.29, 1.82) is 0 Å². The number of primary sulfonamides is 1. The second-order valence-corrected chi connectivity index (χ2v) is 10.6. The monoisotopic (exact) mass is 411 g/mol. The highest BCUT2D eigenvalue weighted by atomic mass is 32.3. The maximum Gasteiger partial charge on any atom is 0.247 e. The Bertz CT molecular complexity index is 821. The third kappa shape index (κ3) is 5.09. The molecule has 3 rings (SSSR count). The minimum Gasteiger partial charge on any atom is -0.309 e. The maximum absolute atomic E-state index is 11.7. The second-order valence-electron chi connectivity index (χ2n) is 6.43. The van der Waals surface area contributed by atoms with Crippen molar-refractivity contribution in [2.75, 3.05) is 19.6 Å². The fraction of sp³-hybridized carbons (Fsp3) is 0.444. The Labute approximate surface area is 164 Å². The van der Waals surface area contributed by atoms with E-state index in [9.17, 15) is 8.42 Å². The van der Waals surface area contributed by atoms with Crippen molar-refractivity contribution in [2.24, 2.45) is 5.14 Å². The van der Waals surface area contributed by atoms with Gasteiger partial charge in [0, 0.05) is 19.1 Å². The standard InChI is InChI=1S/C18H25N3O2S3/c1-2-10-20-16-13-21(11-6-9-14-7-4-3-5-8-14)25-18-15(16)12-17(24-18)26(19,22)23/h3-5,7-8,12,16,20H,2,6,9-11,13H2,1H3,(H2,19,22,23). The van der Waals surface area contributed by atoms with Crippen molar-refractivity contribution in [3.63, 3.8) is 0 Å². The zero-order valence-electron chi connectivity index (χ0n) is 14.8. The van der Waals surface area contributed by atoms with E-state index in [2.05, 4.69) is 40.8 Å². The van der Waals surface area contributed by atoms with Gasteiger partial charge in [-0.15, -0.1) is 11.3 Å². The number of hydrogen-bond acceptors (Lipinski definition) is 6. The van der Waals surface area contributed by atoms with Gasteiger partial charge in [-0.25, -0.2) is 17.9 Å². The maximum atomic E-state index is 11.7. The number of fused-ring (bicyclic) bond motifs is 1. The van der Waals surface area contributed by atoms with Crippen LogP contribution in [-0.4, -0.2) is 32.4 Å². The largest absolute Gasteiger partial charge is 0.309 e. The van der Waals surface area contributed by atoms with E-state index < -0.39 is 10.0 Å². The van der Waals surface area contributed by atoms with Crippen molar-refractivity contribution in [3.8, 4) is 0 Å². The van der Waals surface area contributed by atoms with Gasteiger partial charge in [-0.1, -0.05) is 37.3 Å². The number of aryl methyl sites for hydroxylation is 1. The third-order valence-corrected chi connectivity index (χ3v) is 8.14. The summed E-state index contributed by atoms with van der Waals surface area (Å²) in [5.41, 5.74) is 2.42. The van der Waals surface area contributed by atoms with Crippen molar-refractivity contribution in [1.82, 2.24) is 9.62 Å². The van der Waals surface area contributed by atoms with E-state index in [0.717, 1.165) is 48.7 Å². The van der Waals surface area contributed by atoms with Crippen LogP contribution in [0.2, 0.25) is 0 Å². The molecule has 0 bridgehead atoms. The molecule has 5 nitrogen and oxygen atoms in total. The third-order valence-electron chi connectivity index (χ3n) is 4.31. The first kappa shape index (κ1) is 19.9. The van der Waals surface area contributed by atoms with Crippen LogP contribution in [0.15, 0.2) is 44.8 Å². The molecule has 1 atom stereocenters. The zero-order chi connectivity index (χ0) is 18.6. The second kappa shape index (κ2) is 8.86. The fourth-order valence-corrected chi connectivity index (χ4v) is 6.58. The number of thiophene rings is 1. The Balaban J connectivity index is 1.68. The summed E-state index contributed by atoms with van der Waals surface area (Å²) < 4.78 is 27.1. The summed E-state index contributed by atoms with van der Waals surface area (Å²) in [4.78, 5) is 0. The molecule has 142 valence electrons. The summed E-state index contributed by atoms with van der Waals surface area (Å²) in [6, 6.07) is 12.4. The van der Waals surface area contributed by atoms with E-state index in [0.29, 0.717) is 0 Å². The van der Waals surface area contributed by atoms with Gasteiger partial charge in [0.25, 0.3) is 0 Å². The van der Waals surface area contributed by atoms with Gasteiger partial charge in [-0.05, 0) is 54.9 Å². The van der Waals surface area contributed by atoms with Crippen LogP contribution in [0.3, 0.4) is 0 Å². The zero-order valence-corrected chi connectivity index (χ0v) is 17.3. The first-order chi connectivity index (χ1) is 12.5. The molecule has 1 aliphatic heterocycles. The summed E-state index contributed by atoms with van der Waals surface area (Å²) in [6.07, 6.45) is 3.16. The quantitative estimate of drug-likeness (QED) is 0.651. The lowest BCUT2D eigenvalue weighted by Crippen LogP contribution is -2.35. The van der Waals surface area contributed by atoms with Crippen molar-refractivity contribution in [2.45, 2.75) is 40.6 Å². The first-order valence-electron chi connectivity index (χ1n) is 8.84. The van der Waals surface area contributed by atoms with Crippen molar-refractivity contribution in [3.05, 3.63) is 47.5 Å². The van der Waals surface area contributed by atoms with Gasteiger partial charge in [-0.2, -0.15) is 0 Å². The van der Waals surface area contributed by atoms with Gasteiger partial charge in [0.15, 0.2) is 0 Å². The SMILES string of the molecule is CCCNC1CN(CCCc2ccccc2)Sc2sc(S(N)(=O)=O)cc21. The number of nitrogens with zero attached hydrogens (tertiary/aromatic N) is 1. The minimum absolute atomic E-state index is 0.148. The summed E-state index contributed by atoms with van der Waals surface area (Å²) in [5, 5.41) is 8.88. The summed E-state index contributed by atoms with van der Waals surface area (Å²) in [6.45, 7) is 4.87. The van der Waals surface area contributed by atoms with Gasteiger partial charge < -0.3 is 5.32 Å². The molecule has 0 fully saturated rings. The molecule has 0 amide bonds. The molecule has 8 heteroatoms. The molecule has 1 aromatic heterocycles. The molecule has 0 aliphatic carbocycles. The number of rotatable bonds is 8. The Morgan fingerprint density at radius 2 is 2.08 bits per heavy atom. The molecule has 1 unspecified atom stereocenters. The van der Waals surface area contributed by atoms with Gasteiger partial charge in [0.05, 0.1) is 4.21 Å². The molecule has 2 heterocycles. The molecular formula is C18H25N3O2S3. The lowest BCUT2D eigenvalue weighted by molar-refractivity contribution is 0.372. The minimum atomic E-state index is -3.65. The molecule has 0 radical (unpaired) electrons. The normalized spacial score (nSPS) is 18.0. The van der Waals surface area contributed by atoms with E-state index >= 15 is 0 Å². The number of nitrogens with two attached hydrogens (primary N) is 1. The summed E-state index contributed by atoms with van der Waals surface area (Å²) in [5.74, 6) is 0. The number of benzene rings is 1. The van der Waals surface area contributed by atoms with E-state index in [1.165, 1.54) is 16.9 Å². The topological polar surface area (TPSA) is 75.4 Å². The lowest BCUT2D eigenvalue weighted by Gasteiger charge is -2.32. The molecule has 1 aromatic carbocycles. The molecule has 26 heavy (non-hydrogen) atoms. The highest BCUT2D eigenvalue weighted by molar-refractivity contribution is 7.99. The predicted molar refractivity (Wildman–Crippen MR) is 109 cm³/mol. The molecule has 0 saturated heterocycles. The molecule has 0 spiro atoms. The Morgan fingerprint density at radius 3 is 2.77 bits per heavy atom. The van der Waals surface area contributed by atoms with Crippen LogP contribution in [0.25, 0.3) is 0 Å². The molecule has 1 aliphatic rings. The average Bonchev–Trinajstić information content (AvgIpc) is 3.05. The van der Waals surface area contributed by atoms with Crippen LogP contribution >= 0.6 is 23.3 Å².